The summed E-state index contributed by atoms with van der Waals surface area (Å²) < 4.78 is 0. The summed E-state index contributed by atoms with van der Waals surface area (Å²) in [4.78, 5) is 0. The molecule has 0 bridgehead atoms. The summed E-state index contributed by atoms with van der Waals surface area (Å²) in [5.41, 5.74) is 0.752. The number of hydrogen-bond acceptors (Lipinski definition) is 0. The van der Waals surface area contributed by atoms with Crippen molar-refractivity contribution >= 4 is 9.52 Å². The van der Waals surface area contributed by atoms with E-state index in [1.54, 1.807) is 24.9 Å². The maximum atomic E-state index is 2.59. The van der Waals surface area contributed by atoms with Crippen molar-refractivity contribution in [2.45, 2.75) is 84.2 Å². The van der Waals surface area contributed by atoms with Gasteiger partial charge in [-0.3, -0.25) is 0 Å². The van der Waals surface area contributed by atoms with Crippen LogP contribution in [-0.2, 0) is 0 Å². The summed E-state index contributed by atoms with van der Waals surface area (Å²) in [6.45, 7) is 7.55. The molecule has 0 aromatic carbocycles. The van der Waals surface area contributed by atoms with Crippen LogP contribution in [0.5, 0.6) is 0 Å². The quantitative estimate of drug-likeness (QED) is 0.540. The van der Waals surface area contributed by atoms with Gasteiger partial charge in [-0.1, -0.05) is 65.0 Å². The third kappa shape index (κ3) is 3.62. The first kappa shape index (κ1) is 14.6. The molecule has 2 unspecified atom stereocenters. The Morgan fingerprint density at radius 3 is 2.39 bits per heavy atom. The molecule has 2 atom stereocenters. The van der Waals surface area contributed by atoms with Gasteiger partial charge in [0.05, 0.1) is 0 Å². The maximum Gasteiger partial charge on any atom is 0.0203 e. The van der Waals surface area contributed by atoms with Crippen LogP contribution in [0.1, 0.15) is 72.1 Å². The van der Waals surface area contributed by atoms with Gasteiger partial charge < -0.3 is 0 Å². The van der Waals surface area contributed by atoms with Gasteiger partial charge >= 0.3 is 0 Å². The first-order valence-electron chi connectivity index (χ1n) is 8.68. The summed E-state index contributed by atoms with van der Waals surface area (Å²) in [5.74, 6) is 3.20. The molecule has 2 fully saturated rings. The SMILES string of the molecule is CCCC1(C(C)C(C)C[SiH2]CC2CC2)CCCC1. The largest absolute Gasteiger partial charge is 0.0654 e. The van der Waals surface area contributed by atoms with Crippen LogP contribution in [0.3, 0.4) is 0 Å². The fourth-order valence-electron chi connectivity index (χ4n) is 4.50. The summed E-state index contributed by atoms with van der Waals surface area (Å²) in [6.07, 6.45) is 12.1. The molecule has 0 aromatic rings. The molecule has 0 amide bonds. The predicted molar refractivity (Wildman–Crippen MR) is 85.0 cm³/mol. The first-order chi connectivity index (χ1) is 8.68. The van der Waals surface area contributed by atoms with E-state index in [4.69, 9.17) is 0 Å². The summed E-state index contributed by atoms with van der Waals surface area (Å²) >= 11 is 0. The average Bonchev–Trinajstić information content (AvgIpc) is 3.06. The zero-order valence-electron chi connectivity index (χ0n) is 13.0. The highest BCUT2D eigenvalue weighted by Crippen LogP contribution is 2.50. The van der Waals surface area contributed by atoms with Crippen molar-refractivity contribution in [2.24, 2.45) is 23.2 Å². The Balaban J connectivity index is 1.79. The van der Waals surface area contributed by atoms with Crippen LogP contribution in [0.2, 0.25) is 12.1 Å². The van der Waals surface area contributed by atoms with Gasteiger partial charge in [0.25, 0.3) is 0 Å². The van der Waals surface area contributed by atoms with Gasteiger partial charge in [-0.15, -0.1) is 0 Å². The van der Waals surface area contributed by atoms with E-state index in [1.165, 1.54) is 44.4 Å². The summed E-state index contributed by atoms with van der Waals surface area (Å²) in [7, 11) is 0.269. The van der Waals surface area contributed by atoms with Gasteiger partial charge in [0.1, 0.15) is 0 Å². The normalized spacial score (nSPS) is 26.8. The van der Waals surface area contributed by atoms with Crippen molar-refractivity contribution in [1.82, 2.24) is 0 Å². The van der Waals surface area contributed by atoms with Gasteiger partial charge in [0, 0.05) is 9.52 Å². The Kier molecular flexibility index (Phi) is 5.35. The lowest BCUT2D eigenvalue weighted by Gasteiger charge is -2.39. The minimum Gasteiger partial charge on any atom is -0.0654 e. The minimum absolute atomic E-state index is 0.269. The molecule has 1 heteroatoms. The van der Waals surface area contributed by atoms with Gasteiger partial charge in [0.15, 0.2) is 0 Å². The van der Waals surface area contributed by atoms with Crippen molar-refractivity contribution in [2.75, 3.05) is 0 Å². The van der Waals surface area contributed by atoms with E-state index < -0.39 is 0 Å². The lowest BCUT2D eigenvalue weighted by Crippen LogP contribution is -2.30. The Morgan fingerprint density at radius 2 is 1.83 bits per heavy atom. The zero-order chi connectivity index (χ0) is 13.0. The zero-order valence-corrected chi connectivity index (χ0v) is 14.4. The second kappa shape index (κ2) is 6.59. The second-order valence-electron chi connectivity index (χ2n) is 7.46. The van der Waals surface area contributed by atoms with E-state index in [2.05, 4.69) is 20.8 Å². The molecule has 0 aliphatic heterocycles. The molecule has 0 N–H and O–H groups in total. The van der Waals surface area contributed by atoms with Crippen LogP contribution in [0.25, 0.3) is 0 Å². The van der Waals surface area contributed by atoms with Crippen molar-refractivity contribution < 1.29 is 0 Å². The van der Waals surface area contributed by atoms with Crippen molar-refractivity contribution in [1.29, 1.82) is 0 Å². The van der Waals surface area contributed by atoms with E-state index >= 15 is 0 Å². The van der Waals surface area contributed by atoms with E-state index in [0.717, 1.165) is 17.3 Å². The Labute approximate surface area is 117 Å². The fraction of sp³-hybridized carbons (Fsp3) is 1.00. The minimum atomic E-state index is 0.269. The lowest BCUT2D eigenvalue weighted by atomic mass is 9.67. The topological polar surface area (TPSA) is 0 Å². The molecule has 0 saturated heterocycles. The Hall–Kier alpha value is 0.217. The van der Waals surface area contributed by atoms with Crippen molar-refractivity contribution in [3.63, 3.8) is 0 Å². The standard InChI is InChI=1S/C17H34Si/c1-4-9-17(10-5-6-11-17)15(3)14(2)12-18-13-16-7-8-16/h14-16H,4-13,18H2,1-3H3. The smallest absolute Gasteiger partial charge is 0.0203 e. The molecular formula is C17H34Si. The molecule has 0 radical (unpaired) electrons. The molecule has 2 aliphatic rings. The van der Waals surface area contributed by atoms with Gasteiger partial charge in [0.2, 0.25) is 0 Å². The first-order valence-corrected chi connectivity index (χ1v) is 10.7. The molecule has 0 heterocycles. The van der Waals surface area contributed by atoms with Gasteiger partial charge in [-0.05, 0) is 42.4 Å². The third-order valence-corrected chi connectivity index (χ3v) is 8.68. The van der Waals surface area contributed by atoms with Crippen LogP contribution in [0, 0.1) is 23.2 Å². The van der Waals surface area contributed by atoms with E-state index in [9.17, 15) is 0 Å². The molecule has 2 rings (SSSR count). The molecule has 0 spiro atoms. The Morgan fingerprint density at radius 1 is 1.17 bits per heavy atom. The van der Waals surface area contributed by atoms with Crippen LogP contribution in [0.15, 0.2) is 0 Å². The van der Waals surface area contributed by atoms with Gasteiger partial charge in [-0.25, -0.2) is 0 Å². The Bertz CT molecular complexity index is 238. The van der Waals surface area contributed by atoms with Crippen LogP contribution >= 0.6 is 0 Å². The van der Waals surface area contributed by atoms with E-state index in [0.29, 0.717) is 0 Å². The third-order valence-electron chi connectivity index (χ3n) is 6.14. The average molecular weight is 267 g/mol. The number of rotatable bonds is 8. The van der Waals surface area contributed by atoms with E-state index in [1.807, 2.05) is 0 Å². The highest BCUT2D eigenvalue weighted by atomic mass is 28.2. The number of hydrogen-bond donors (Lipinski definition) is 0. The highest BCUT2D eigenvalue weighted by molar-refractivity contribution is 6.35. The molecule has 0 nitrogen and oxygen atoms in total. The highest BCUT2D eigenvalue weighted by Gasteiger charge is 2.39. The summed E-state index contributed by atoms with van der Waals surface area (Å²) in [6, 6.07) is 3.29. The second-order valence-corrected chi connectivity index (χ2v) is 9.32. The molecule has 18 heavy (non-hydrogen) atoms. The van der Waals surface area contributed by atoms with Crippen molar-refractivity contribution in [3.8, 4) is 0 Å². The molecule has 0 aromatic heterocycles. The molecule has 106 valence electrons. The molecular weight excluding hydrogens is 232 g/mol. The lowest BCUT2D eigenvalue weighted by molar-refractivity contribution is 0.121. The predicted octanol–water partition coefficient (Wildman–Crippen LogP) is 5.03. The molecule has 2 aliphatic carbocycles. The van der Waals surface area contributed by atoms with Gasteiger partial charge in [-0.2, -0.15) is 0 Å². The van der Waals surface area contributed by atoms with Crippen LogP contribution < -0.4 is 0 Å². The van der Waals surface area contributed by atoms with Crippen LogP contribution in [0.4, 0.5) is 0 Å². The monoisotopic (exact) mass is 266 g/mol. The summed E-state index contributed by atoms with van der Waals surface area (Å²) in [5, 5.41) is 0. The maximum absolute atomic E-state index is 2.59. The van der Waals surface area contributed by atoms with E-state index in [-0.39, 0.29) is 9.52 Å². The van der Waals surface area contributed by atoms with Crippen LogP contribution in [-0.4, -0.2) is 9.52 Å². The van der Waals surface area contributed by atoms with Crippen molar-refractivity contribution in [3.05, 3.63) is 0 Å². The molecule has 2 saturated carbocycles. The fourth-order valence-corrected chi connectivity index (χ4v) is 7.03.